The highest BCUT2D eigenvalue weighted by molar-refractivity contribution is 5.90. The topological polar surface area (TPSA) is 96.5 Å². The van der Waals surface area contributed by atoms with Crippen molar-refractivity contribution in [3.8, 4) is 34.5 Å². The number of methoxy groups -OCH3 is 2. The molecular formula is C26H26N2O7. The van der Waals surface area contributed by atoms with Crippen LogP contribution in [0, 0.1) is 0 Å². The highest BCUT2D eigenvalue weighted by Gasteiger charge is 2.20. The SMILES string of the molecule is COc1cc(NC(=O)NC(Cc2ccc3c(c2)OCO3)Cc2ccc3c(c2)OCO3)cc(OC)c1. The fraction of sp³-hybridized carbons (Fsp3) is 0.269. The zero-order chi connectivity index (χ0) is 24.2. The molecule has 0 saturated heterocycles. The molecule has 0 saturated carbocycles. The molecule has 3 aromatic carbocycles. The standard InChI is InChI=1S/C26H26N2O7/c1-30-20-11-19(12-21(13-20)31-2)28-26(29)27-18(7-16-3-5-22-24(9-16)34-14-32-22)8-17-4-6-23-25(10-17)35-15-33-23/h3-6,9-13,18H,7-8,14-15H2,1-2H3,(H2,27,28,29). The first kappa shape index (κ1) is 22.5. The second kappa shape index (κ2) is 9.92. The van der Waals surface area contributed by atoms with Crippen molar-refractivity contribution in [2.75, 3.05) is 33.1 Å². The van der Waals surface area contributed by atoms with Crippen LogP contribution in [-0.2, 0) is 12.8 Å². The van der Waals surface area contributed by atoms with Gasteiger partial charge in [0.2, 0.25) is 13.6 Å². The molecule has 0 aliphatic carbocycles. The first-order valence-electron chi connectivity index (χ1n) is 11.2. The van der Waals surface area contributed by atoms with Crippen molar-refractivity contribution in [3.63, 3.8) is 0 Å². The number of carbonyl (C=O) groups is 1. The molecule has 0 atom stereocenters. The Balaban J connectivity index is 1.33. The van der Waals surface area contributed by atoms with Gasteiger partial charge in [0.1, 0.15) is 11.5 Å². The van der Waals surface area contributed by atoms with Crippen molar-refractivity contribution in [1.82, 2.24) is 5.32 Å². The third kappa shape index (κ3) is 5.29. The maximum absolute atomic E-state index is 13.0. The van der Waals surface area contributed by atoms with E-state index in [1.807, 2.05) is 36.4 Å². The normalized spacial score (nSPS) is 13.0. The summed E-state index contributed by atoms with van der Waals surface area (Å²) in [6.45, 7) is 0.425. The Bertz CT molecular complexity index is 1150. The molecule has 3 aromatic rings. The van der Waals surface area contributed by atoms with E-state index in [0.29, 0.717) is 41.5 Å². The van der Waals surface area contributed by atoms with Crippen LogP contribution in [0.25, 0.3) is 0 Å². The lowest BCUT2D eigenvalue weighted by molar-refractivity contribution is 0.173. The molecule has 9 nitrogen and oxygen atoms in total. The summed E-state index contributed by atoms with van der Waals surface area (Å²) in [4.78, 5) is 13.0. The molecule has 0 spiro atoms. The van der Waals surface area contributed by atoms with Crippen LogP contribution in [0.3, 0.4) is 0 Å². The molecular weight excluding hydrogens is 452 g/mol. The van der Waals surface area contributed by atoms with E-state index >= 15 is 0 Å². The van der Waals surface area contributed by atoms with E-state index in [4.69, 9.17) is 28.4 Å². The van der Waals surface area contributed by atoms with Crippen molar-refractivity contribution < 1.29 is 33.2 Å². The lowest BCUT2D eigenvalue weighted by Crippen LogP contribution is -2.40. The molecule has 2 amide bonds. The van der Waals surface area contributed by atoms with Crippen molar-refractivity contribution >= 4 is 11.7 Å². The molecule has 182 valence electrons. The van der Waals surface area contributed by atoms with E-state index in [2.05, 4.69) is 10.6 Å². The number of fused-ring (bicyclic) bond motifs is 2. The van der Waals surface area contributed by atoms with Gasteiger partial charge in [0.15, 0.2) is 23.0 Å². The molecule has 0 unspecified atom stereocenters. The number of hydrogen-bond acceptors (Lipinski definition) is 7. The molecule has 0 bridgehead atoms. The summed E-state index contributed by atoms with van der Waals surface area (Å²) in [5.74, 6) is 4.01. The highest BCUT2D eigenvalue weighted by Crippen LogP contribution is 2.34. The second-order valence-electron chi connectivity index (χ2n) is 8.18. The number of urea groups is 1. The lowest BCUT2D eigenvalue weighted by atomic mass is 9.98. The van der Waals surface area contributed by atoms with Gasteiger partial charge in [-0.3, -0.25) is 0 Å². The van der Waals surface area contributed by atoms with Crippen LogP contribution < -0.4 is 39.1 Å². The molecule has 2 aliphatic heterocycles. The number of nitrogens with one attached hydrogen (secondary N) is 2. The number of anilines is 1. The van der Waals surface area contributed by atoms with Crippen LogP contribution in [0.15, 0.2) is 54.6 Å². The first-order valence-corrected chi connectivity index (χ1v) is 11.2. The molecule has 2 N–H and O–H groups in total. The summed E-state index contributed by atoms with van der Waals surface area (Å²) in [5.41, 5.74) is 2.59. The number of amides is 2. The molecule has 0 aromatic heterocycles. The minimum absolute atomic E-state index is 0.212. The van der Waals surface area contributed by atoms with E-state index in [-0.39, 0.29) is 25.7 Å². The Labute approximate surface area is 202 Å². The number of hydrogen-bond donors (Lipinski definition) is 2. The maximum atomic E-state index is 13.0. The fourth-order valence-corrected chi connectivity index (χ4v) is 4.11. The zero-order valence-corrected chi connectivity index (χ0v) is 19.5. The number of benzene rings is 3. The van der Waals surface area contributed by atoms with Crippen LogP contribution in [0.2, 0.25) is 0 Å². The quantitative estimate of drug-likeness (QED) is 0.502. The average Bonchev–Trinajstić information content (AvgIpc) is 3.52. The Morgan fingerprint density at radius 3 is 1.80 bits per heavy atom. The minimum atomic E-state index is -0.341. The average molecular weight is 479 g/mol. The van der Waals surface area contributed by atoms with Crippen molar-refractivity contribution in [3.05, 3.63) is 65.7 Å². The summed E-state index contributed by atoms with van der Waals surface area (Å²) >= 11 is 0. The van der Waals surface area contributed by atoms with Gasteiger partial charge < -0.3 is 39.1 Å². The monoisotopic (exact) mass is 478 g/mol. The van der Waals surface area contributed by atoms with E-state index in [1.165, 1.54) is 0 Å². The van der Waals surface area contributed by atoms with E-state index in [0.717, 1.165) is 22.6 Å². The summed E-state index contributed by atoms with van der Waals surface area (Å²) in [6, 6.07) is 16.3. The van der Waals surface area contributed by atoms with Crippen molar-refractivity contribution in [2.24, 2.45) is 0 Å². The maximum Gasteiger partial charge on any atom is 0.319 e. The van der Waals surface area contributed by atoms with E-state index in [9.17, 15) is 4.79 Å². The van der Waals surface area contributed by atoms with Crippen LogP contribution in [0.4, 0.5) is 10.5 Å². The predicted molar refractivity (Wildman–Crippen MR) is 128 cm³/mol. The van der Waals surface area contributed by atoms with Gasteiger partial charge in [0.25, 0.3) is 0 Å². The van der Waals surface area contributed by atoms with Crippen molar-refractivity contribution in [2.45, 2.75) is 18.9 Å². The van der Waals surface area contributed by atoms with Crippen LogP contribution >= 0.6 is 0 Å². The first-order chi connectivity index (χ1) is 17.1. The van der Waals surface area contributed by atoms with Gasteiger partial charge in [-0.2, -0.15) is 0 Å². The summed E-state index contributed by atoms with van der Waals surface area (Å²) in [6.07, 6.45) is 1.17. The Kier molecular flexibility index (Phi) is 6.38. The van der Waals surface area contributed by atoms with Crippen LogP contribution in [0.1, 0.15) is 11.1 Å². The van der Waals surface area contributed by atoms with Gasteiger partial charge >= 0.3 is 6.03 Å². The van der Waals surface area contributed by atoms with Gasteiger partial charge in [-0.05, 0) is 48.2 Å². The van der Waals surface area contributed by atoms with Gasteiger partial charge in [0.05, 0.1) is 14.2 Å². The largest absolute Gasteiger partial charge is 0.497 e. The van der Waals surface area contributed by atoms with Gasteiger partial charge in [-0.25, -0.2) is 4.79 Å². The molecule has 35 heavy (non-hydrogen) atoms. The van der Waals surface area contributed by atoms with Gasteiger partial charge in [-0.15, -0.1) is 0 Å². The molecule has 5 rings (SSSR count). The third-order valence-electron chi connectivity index (χ3n) is 5.78. The predicted octanol–water partition coefficient (Wildman–Crippen LogP) is 4.14. The number of ether oxygens (including phenoxy) is 6. The minimum Gasteiger partial charge on any atom is -0.497 e. The Morgan fingerprint density at radius 1 is 0.771 bits per heavy atom. The Morgan fingerprint density at radius 2 is 1.29 bits per heavy atom. The second-order valence-corrected chi connectivity index (χ2v) is 8.18. The number of carbonyl (C=O) groups excluding carboxylic acids is 1. The third-order valence-corrected chi connectivity index (χ3v) is 5.78. The molecule has 0 fully saturated rings. The lowest BCUT2D eigenvalue weighted by Gasteiger charge is -2.20. The summed E-state index contributed by atoms with van der Waals surface area (Å²) in [7, 11) is 3.12. The molecule has 2 aliphatic rings. The summed E-state index contributed by atoms with van der Waals surface area (Å²) < 4.78 is 32.5. The van der Waals surface area contributed by atoms with Crippen LogP contribution in [0.5, 0.6) is 34.5 Å². The van der Waals surface area contributed by atoms with E-state index in [1.54, 1.807) is 32.4 Å². The molecule has 2 heterocycles. The van der Waals surface area contributed by atoms with Crippen LogP contribution in [-0.4, -0.2) is 39.9 Å². The summed E-state index contributed by atoms with van der Waals surface area (Å²) in [5, 5.41) is 5.97. The highest BCUT2D eigenvalue weighted by atomic mass is 16.7. The Hall–Kier alpha value is -4.27. The fourth-order valence-electron chi connectivity index (χ4n) is 4.11. The number of rotatable bonds is 8. The smallest absolute Gasteiger partial charge is 0.319 e. The molecule has 0 radical (unpaired) electrons. The van der Waals surface area contributed by atoms with Crippen molar-refractivity contribution in [1.29, 1.82) is 0 Å². The van der Waals surface area contributed by atoms with Gasteiger partial charge in [0, 0.05) is 29.9 Å². The van der Waals surface area contributed by atoms with E-state index < -0.39 is 0 Å². The zero-order valence-electron chi connectivity index (χ0n) is 19.5. The van der Waals surface area contributed by atoms with Gasteiger partial charge in [-0.1, -0.05) is 12.1 Å². The molecule has 9 heteroatoms.